The Morgan fingerprint density at radius 1 is 1.42 bits per heavy atom. The number of likely N-dealkylation sites (tertiary alicyclic amines) is 1. The van der Waals surface area contributed by atoms with E-state index in [1.165, 1.54) is 6.07 Å². The number of ether oxygens (including phenoxy) is 1. The van der Waals surface area contributed by atoms with Crippen molar-refractivity contribution in [3.05, 3.63) is 24.0 Å². The third-order valence-electron chi connectivity index (χ3n) is 3.46. The van der Waals surface area contributed by atoms with E-state index in [9.17, 15) is 27.2 Å². The van der Waals surface area contributed by atoms with E-state index < -0.39 is 36.3 Å². The number of nitrogens with zero attached hydrogens (tertiary/aromatic N) is 1. The van der Waals surface area contributed by atoms with Crippen LogP contribution >= 0.6 is 0 Å². The summed E-state index contributed by atoms with van der Waals surface area (Å²) in [6, 6.07) is 3.51. The normalized spacial score (nSPS) is 18.0. The number of nitrogens with one attached hydrogen (secondary N) is 1. The van der Waals surface area contributed by atoms with Gasteiger partial charge < -0.3 is 15.0 Å². The number of amides is 2. The standard InChI is InChI=1S/C15H16F4N2O3/c1-2-24-12-6-10(16)3-4-11(12)20-14(23)9-5-13(22)21(7-9)8-15(17,18)19/h3-4,6,9H,2,5,7-8H2,1H3,(H,20,23). The third-order valence-corrected chi connectivity index (χ3v) is 3.46. The van der Waals surface area contributed by atoms with Crippen LogP contribution < -0.4 is 10.1 Å². The van der Waals surface area contributed by atoms with Gasteiger partial charge in [-0.2, -0.15) is 13.2 Å². The highest BCUT2D eigenvalue weighted by Gasteiger charge is 2.40. The number of hydrogen-bond acceptors (Lipinski definition) is 3. The minimum atomic E-state index is -4.51. The van der Waals surface area contributed by atoms with Crippen LogP contribution in [0.3, 0.4) is 0 Å². The van der Waals surface area contributed by atoms with Crippen LogP contribution in [0.2, 0.25) is 0 Å². The number of carbonyl (C=O) groups is 2. The molecule has 1 atom stereocenters. The SMILES string of the molecule is CCOc1cc(F)ccc1NC(=O)C1CC(=O)N(CC(F)(F)F)C1. The van der Waals surface area contributed by atoms with Gasteiger partial charge >= 0.3 is 6.18 Å². The van der Waals surface area contributed by atoms with Crippen molar-refractivity contribution in [1.82, 2.24) is 4.90 Å². The van der Waals surface area contributed by atoms with E-state index in [0.717, 1.165) is 12.1 Å². The summed E-state index contributed by atoms with van der Waals surface area (Å²) in [5, 5.41) is 2.48. The van der Waals surface area contributed by atoms with Gasteiger partial charge in [0.25, 0.3) is 0 Å². The summed E-state index contributed by atoms with van der Waals surface area (Å²) >= 11 is 0. The molecular formula is C15H16F4N2O3. The molecule has 0 radical (unpaired) electrons. The zero-order valence-corrected chi connectivity index (χ0v) is 12.8. The second-order valence-corrected chi connectivity index (χ2v) is 5.35. The van der Waals surface area contributed by atoms with Crippen molar-refractivity contribution in [3.63, 3.8) is 0 Å². The second kappa shape index (κ2) is 7.06. The molecule has 1 aliphatic rings. The summed E-state index contributed by atoms with van der Waals surface area (Å²) in [5.41, 5.74) is 0.199. The molecule has 2 amide bonds. The predicted octanol–water partition coefficient (Wildman–Crippen LogP) is 2.57. The van der Waals surface area contributed by atoms with Crippen LogP contribution in [0.25, 0.3) is 0 Å². The Morgan fingerprint density at radius 3 is 2.75 bits per heavy atom. The van der Waals surface area contributed by atoms with Gasteiger partial charge in [-0.15, -0.1) is 0 Å². The number of benzene rings is 1. The van der Waals surface area contributed by atoms with E-state index in [2.05, 4.69) is 5.32 Å². The smallest absolute Gasteiger partial charge is 0.406 e. The average Bonchev–Trinajstić information content (AvgIpc) is 2.81. The number of anilines is 1. The van der Waals surface area contributed by atoms with Crippen molar-refractivity contribution >= 4 is 17.5 Å². The molecule has 0 bridgehead atoms. The molecule has 1 aromatic rings. The van der Waals surface area contributed by atoms with Crippen molar-refractivity contribution in [2.75, 3.05) is 25.0 Å². The Bertz CT molecular complexity index is 634. The van der Waals surface area contributed by atoms with Gasteiger partial charge in [-0.05, 0) is 19.1 Å². The minimum absolute atomic E-state index is 0.113. The summed E-state index contributed by atoms with van der Waals surface area (Å²) in [5.74, 6) is -2.68. The van der Waals surface area contributed by atoms with Crippen LogP contribution in [0, 0.1) is 11.7 Å². The second-order valence-electron chi connectivity index (χ2n) is 5.35. The molecule has 5 nitrogen and oxygen atoms in total. The zero-order chi connectivity index (χ0) is 17.9. The molecule has 1 unspecified atom stereocenters. The highest BCUT2D eigenvalue weighted by molar-refractivity contribution is 5.98. The molecule has 1 heterocycles. The number of alkyl halides is 3. The number of halogens is 4. The lowest BCUT2D eigenvalue weighted by Gasteiger charge is -2.18. The van der Waals surface area contributed by atoms with Crippen molar-refractivity contribution in [2.24, 2.45) is 5.92 Å². The maximum absolute atomic E-state index is 13.2. The lowest BCUT2D eigenvalue weighted by atomic mass is 10.1. The molecule has 2 rings (SSSR count). The fraction of sp³-hybridized carbons (Fsp3) is 0.467. The van der Waals surface area contributed by atoms with Gasteiger partial charge in [-0.25, -0.2) is 4.39 Å². The molecule has 0 saturated carbocycles. The monoisotopic (exact) mass is 348 g/mol. The zero-order valence-electron chi connectivity index (χ0n) is 12.8. The fourth-order valence-corrected chi connectivity index (χ4v) is 2.43. The Hall–Kier alpha value is -2.32. The molecule has 1 fully saturated rings. The lowest BCUT2D eigenvalue weighted by molar-refractivity contribution is -0.157. The summed E-state index contributed by atoms with van der Waals surface area (Å²) < 4.78 is 55.6. The Balaban J connectivity index is 2.05. The summed E-state index contributed by atoms with van der Waals surface area (Å²) in [7, 11) is 0. The summed E-state index contributed by atoms with van der Waals surface area (Å²) in [4.78, 5) is 24.4. The van der Waals surface area contributed by atoms with E-state index in [1.807, 2.05) is 0 Å². The van der Waals surface area contributed by atoms with Gasteiger partial charge in [0.05, 0.1) is 18.2 Å². The first-order valence-corrected chi connectivity index (χ1v) is 7.27. The van der Waals surface area contributed by atoms with Crippen molar-refractivity contribution in [3.8, 4) is 5.75 Å². The Kier molecular flexibility index (Phi) is 5.30. The Labute approximate surface area is 135 Å². The molecule has 0 spiro atoms. The van der Waals surface area contributed by atoms with Gasteiger partial charge in [0.15, 0.2) is 0 Å². The van der Waals surface area contributed by atoms with Crippen LogP contribution in [0.1, 0.15) is 13.3 Å². The van der Waals surface area contributed by atoms with Gasteiger partial charge in [0.1, 0.15) is 18.1 Å². The van der Waals surface area contributed by atoms with Gasteiger partial charge in [0, 0.05) is 19.0 Å². The molecule has 1 N–H and O–H groups in total. The van der Waals surface area contributed by atoms with Crippen LogP contribution in [0.4, 0.5) is 23.2 Å². The topological polar surface area (TPSA) is 58.6 Å². The van der Waals surface area contributed by atoms with Gasteiger partial charge in [0.2, 0.25) is 11.8 Å². The molecule has 1 aromatic carbocycles. The largest absolute Gasteiger partial charge is 0.492 e. The maximum atomic E-state index is 13.2. The number of carbonyl (C=O) groups excluding carboxylic acids is 2. The summed E-state index contributed by atoms with van der Waals surface area (Å²) in [6.07, 6.45) is -4.81. The van der Waals surface area contributed by atoms with Crippen molar-refractivity contribution in [1.29, 1.82) is 0 Å². The quantitative estimate of drug-likeness (QED) is 0.832. The van der Waals surface area contributed by atoms with Crippen LogP contribution in [0.5, 0.6) is 5.75 Å². The van der Waals surface area contributed by atoms with E-state index in [4.69, 9.17) is 4.74 Å². The molecule has 1 aliphatic heterocycles. The minimum Gasteiger partial charge on any atom is -0.492 e. The lowest BCUT2D eigenvalue weighted by Crippen LogP contribution is -2.36. The van der Waals surface area contributed by atoms with E-state index in [1.54, 1.807) is 6.92 Å². The van der Waals surface area contributed by atoms with Crippen molar-refractivity contribution in [2.45, 2.75) is 19.5 Å². The van der Waals surface area contributed by atoms with Crippen LogP contribution in [-0.2, 0) is 9.59 Å². The molecule has 132 valence electrons. The molecule has 0 aromatic heterocycles. The van der Waals surface area contributed by atoms with Crippen LogP contribution in [0.15, 0.2) is 18.2 Å². The van der Waals surface area contributed by atoms with Crippen molar-refractivity contribution < 1.29 is 31.9 Å². The van der Waals surface area contributed by atoms with Crippen LogP contribution in [-0.4, -0.2) is 42.6 Å². The first-order valence-electron chi connectivity index (χ1n) is 7.27. The predicted molar refractivity (Wildman–Crippen MR) is 76.9 cm³/mol. The van der Waals surface area contributed by atoms with E-state index in [-0.39, 0.29) is 31.0 Å². The molecule has 24 heavy (non-hydrogen) atoms. The first kappa shape index (κ1) is 18.0. The van der Waals surface area contributed by atoms with Gasteiger partial charge in [-0.3, -0.25) is 9.59 Å². The highest BCUT2D eigenvalue weighted by atomic mass is 19.4. The summed E-state index contributed by atoms with van der Waals surface area (Å²) in [6.45, 7) is 0.237. The first-order chi connectivity index (χ1) is 11.2. The third kappa shape index (κ3) is 4.59. The average molecular weight is 348 g/mol. The van der Waals surface area contributed by atoms with E-state index >= 15 is 0 Å². The molecule has 0 aliphatic carbocycles. The number of hydrogen-bond donors (Lipinski definition) is 1. The maximum Gasteiger partial charge on any atom is 0.406 e. The highest BCUT2D eigenvalue weighted by Crippen LogP contribution is 2.28. The molecular weight excluding hydrogens is 332 g/mol. The Morgan fingerprint density at radius 2 is 2.12 bits per heavy atom. The number of rotatable bonds is 5. The fourth-order valence-electron chi connectivity index (χ4n) is 2.43. The van der Waals surface area contributed by atoms with E-state index in [0.29, 0.717) is 4.90 Å². The van der Waals surface area contributed by atoms with Gasteiger partial charge in [-0.1, -0.05) is 0 Å². The molecule has 9 heteroatoms. The molecule has 1 saturated heterocycles.